The number of aliphatic hydroxyl groups excluding tert-OH is 2. The van der Waals surface area contributed by atoms with Crippen molar-refractivity contribution in [2.45, 2.75) is 82.0 Å². The maximum Gasteiger partial charge on any atom is 0.481 e. The van der Waals surface area contributed by atoms with Gasteiger partial charge in [-0.05, 0) is 23.9 Å². The molecular weight excluding hydrogens is 802 g/mol. The molecule has 302 valence electrons. The molecule has 0 radical (unpaired) electrons. The molecule has 2 aromatic heterocycles. The highest BCUT2D eigenvalue weighted by molar-refractivity contribution is 8.08. The first-order valence-electron chi connectivity index (χ1n) is 15.9. The van der Waals surface area contributed by atoms with Gasteiger partial charge in [-0.15, -0.1) is 6.42 Å². The van der Waals surface area contributed by atoms with E-state index in [1.807, 2.05) is 0 Å². The Morgan fingerprint density at radius 1 is 1.13 bits per heavy atom. The summed E-state index contributed by atoms with van der Waals surface area (Å²) in [7, 11) is -5.60. The third-order valence-corrected chi connectivity index (χ3v) is 12.2. The molecule has 3 fully saturated rings. The minimum absolute atomic E-state index is 0.0818. The summed E-state index contributed by atoms with van der Waals surface area (Å²) in [6.07, 6.45) is -5.48. The number of terminal acetylenes is 1. The molecule has 26 heteroatoms. The summed E-state index contributed by atoms with van der Waals surface area (Å²) in [5.74, 6) is -7.34. The average Bonchev–Trinajstić information content (AvgIpc) is 3.64. The van der Waals surface area contributed by atoms with Gasteiger partial charge in [-0.2, -0.15) is 5.10 Å². The SMILES string of the molecule is C#C[C@@]1(O)[C@H](O)[C@@H](COP(O)(=S)OP(=O)(O)OC2OC3(OC(C)=O)C2C(OC(C)=O)C(O)C3[C@H](COC(C)=O)OC(C)=O)O[C@H]1c1ccc2c(N)ncnn12. The van der Waals surface area contributed by atoms with Crippen molar-refractivity contribution < 1.29 is 90.6 Å². The fourth-order valence-corrected chi connectivity index (χ4v) is 9.82. The van der Waals surface area contributed by atoms with Crippen molar-refractivity contribution in [1.82, 2.24) is 14.6 Å². The Bertz CT molecular complexity index is 2000. The molecule has 5 rings (SSSR count). The van der Waals surface area contributed by atoms with E-state index in [1.165, 1.54) is 16.6 Å². The average molecular weight is 839 g/mol. The molecular formula is C29H36N4O19P2S. The maximum absolute atomic E-state index is 13.2. The third-order valence-electron chi connectivity index (χ3n) is 8.73. The number of anilines is 1. The molecule has 55 heavy (non-hydrogen) atoms. The Balaban J connectivity index is 1.33. The van der Waals surface area contributed by atoms with Crippen LogP contribution in [0.5, 0.6) is 0 Å². The van der Waals surface area contributed by atoms with Gasteiger partial charge in [0, 0.05) is 27.7 Å². The van der Waals surface area contributed by atoms with Crippen LogP contribution in [0, 0.1) is 24.2 Å². The van der Waals surface area contributed by atoms with Crippen molar-refractivity contribution in [3.8, 4) is 12.3 Å². The van der Waals surface area contributed by atoms with E-state index < -0.39 is 118 Å². The van der Waals surface area contributed by atoms with Crippen LogP contribution in [0.15, 0.2) is 18.5 Å². The molecule has 2 aliphatic heterocycles. The highest BCUT2D eigenvalue weighted by atomic mass is 32.5. The van der Waals surface area contributed by atoms with E-state index in [0.29, 0.717) is 5.52 Å². The van der Waals surface area contributed by atoms with E-state index >= 15 is 0 Å². The number of hydrogen-bond acceptors (Lipinski definition) is 21. The second-order valence-electron chi connectivity index (χ2n) is 12.5. The normalized spacial score (nSPS) is 33.9. The van der Waals surface area contributed by atoms with Crippen molar-refractivity contribution in [3.63, 3.8) is 0 Å². The van der Waals surface area contributed by atoms with Crippen LogP contribution in [-0.4, -0.2) is 125 Å². The number of nitrogen functional groups attached to an aromatic ring is 1. The molecule has 1 saturated carbocycles. The lowest BCUT2D eigenvalue weighted by atomic mass is 9.85. The van der Waals surface area contributed by atoms with Crippen LogP contribution in [0.1, 0.15) is 39.5 Å². The number of esters is 4. The zero-order valence-corrected chi connectivity index (χ0v) is 31.7. The smallest absolute Gasteiger partial charge is 0.462 e. The minimum atomic E-state index is -5.60. The molecule has 0 bridgehead atoms. The molecule has 23 nitrogen and oxygen atoms in total. The van der Waals surface area contributed by atoms with E-state index in [2.05, 4.69) is 16.0 Å². The predicted molar refractivity (Wildman–Crippen MR) is 179 cm³/mol. The number of aliphatic hydroxyl groups is 3. The molecule has 0 spiro atoms. The number of carbonyl (C=O) groups excluding carboxylic acids is 4. The Morgan fingerprint density at radius 3 is 2.42 bits per heavy atom. The molecule has 0 amide bonds. The monoisotopic (exact) mass is 838 g/mol. The summed E-state index contributed by atoms with van der Waals surface area (Å²) in [6.45, 7) is -2.52. The lowest BCUT2D eigenvalue weighted by molar-refractivity contribution is -0.426. The van der Waals surface area contributed by atoms with Crippen LogP contribution in [0.2, 0.25) is 0 Å². The zero-order chi connectivity index (χ0) is 40.8. The van der Waals surface area contributed by atoms with Gasteiger partial charge in [-0.3, -0.25) is 23.7 Å². The van der Waals surface area contributed by atoms with E-state index in [0.717, 1.165) is 34.0 Å². The second kappa shape index (κ2) is 15.7. The summed E-state index contributed by atoms with van der Waals surface area (Å²) >= 11 is 4.88. The van der Waals surface area contributed by atoms with Crippen LogP contribution >= 0.6 is 14.5 Å². The maximum atomic E-state index is 13.2. The Labute approximate surface area is 315 Å². The van der Waals surface area contributed by atoms with Crippen LogP contribution in [-0.2, 0) is 77.3 Å². The van der Waals surface area contributed by atoms with Crippen LogP contribution < -0.4 is 5.73 Å². The standard InChI is InChI=1S/C29H36N4O19P2S/c1-6-28(40)24(39)19(48-25(28)16-7-8-17-26(30)31-11-32-33(16)17)10-45-54(43,55)52-53(41,42)51-27-21-23(47-14(4)36)22(38)20(29(21,50-27)49-15(5)37)18(46-13(3)35)9-44-12(2)34/h1,7-8,11,18-25,27,38-40H,9-10H2,2-5H3,(H,41,42)(H,43,55)(H2,30,31,32)/t18-,19+,20?,21?,22?,23?,24+,25-,27?,28+,29?,54?/m0/s1. The summed E-state index contributed by atoms with van der Waals surface area (Å²) in [4.78, 5) is 73.3. The van der Waals surface area contributed by atoms with Crippen LogP contribution in [0.4, 0.5) is 5.82 Å². The summed E-state index contributed by atoms with van der Waals surface area (Å²) < 4.78 is 61.8. The van der Waals surface area contributed by atoms with E-state index in [1.54, 1.807) is 0 Å². The topological polar surface area (TPSA) is 326 Å². The number of hydrogen-bond donors (Lipinski definition) is 6. The van der Waals surface area contributed by atoms with Crippen molar-refractivity contribution in [2.75, 3.05) is 18.9 Å². The fraction of sp³-hybridized carbons (Fsp3) is 0.586. The third kappa shape index (κ3) is 8.40. The largest absolute Gasteiger partial charge is 0.481 e. The van der Waals surface area contributed by atoms with Gasteiger partial charge in [0.05, 0.1) is 18.2 Å². The molecule has 4 heterocycles. The van der Waals surface area contributed by atoms with Crippen molar-refractivity contribution in [2.24, 2.45) is 11.8 Å². The van der Waals surface area contributed by atoms with Crippen molar-refractivity contribution in [3.05, 3.63) is 24.2 Å². The predicted octanol–water partition coefficient (Wildman–Crippen LogP) is -1.51. The van der Waals surface area contributed by atoms with Gasteiger partial charge >= 0.3 is 38.4 Å². The van der Waals surface area contributed by atoms with Gasteiger partial charge in [0.2, 0.25) is 5.79 Å². The molecule has 2 saturated heterocycles. The van der Waals surface area contributed by atoms with Gasteiger partial charge in [0.15, 0.2) is 17.7 Å². The number of aromatic nitrogens is 3. The van der Waals surface area contributed by atoms with Gasteiger partial charge in [0.1, 0.15) is 61.0 Å². The van der Waals surface area contributed by atoms with E-state index in [-0.39, 0.29) is 11.5 Å². The van der Waals surface area contributed by atoms with E-state index in [4.69, 9.17) is 65.7 Å². The number of nitrogens with two attached hydrogens (primary N) is 1. The molecule has 2 aromatic rings. The Morgan fingerprint density at radius 2 is 1.82 bits per heavy atom. The van der Waals surface area contributed by atoms with Gasteiger partial charge < -0.3 is 63.8 Å². The number of ether oxygens (including phenoxy) is 6. The number of phosphoric acid groups is 1. The van der Waals surface area contributed by atoms with Gasteiger partial charge in [-0.1, -0.05) is 5.92 Å². The van der Waals surface area contributed by atoms with Crippen molar-refractivity contribution >= 4 is 61.6 Å². The van der Waals surface area contributed by atoms with Crippen LogP contribution in [0.25, 0.3) is 5.52 Å². The first kappa shape index (κ1) is 42.5. The summed E-state index contributed by atoms with van der Waals surface area (Å²) in [6, 6.07) is 2.96. The molecule has 1 aliphatic carbocycles. The second-order valence-corrected chi connectivity index (χ2v) is 16.8. The molecule has 0 aromatic carbocycles. The quantitative estimate of drug-likeness (QED) is 0.0545. The van der Waals surface area contributed by atoms with E-state index in [9.17, 15) is 48.8 Å². The molecule has 8 unspecified atom stereocenters. The van der Waals surface area contributed by atoms with Gasteiger partial charge in [0.25, 0.3) is 0 Å². The Kier molecular flexibility index (Phi) is 12.1. The number of nitrogens with zero attached hydrogens (tertiary/aromatic N) is 3. The molecule has 7 N–H and O–H groups in total. The number of rotatable bonds is 14. The lowest BCUT2D eigenvalue weighted by Gasteiger charge is -2.52. The zero-order valence-electron chi connectivity index (χ0n) is 29.1. The number of phosphoric ester groups is 1. The minimum Gasteiger partial charge on any atom is -0.462 e. The summed E-state index contributed by atoms with van der Waals surface area (Å²) in [5.41, 5.74) is 3.93. The first-order valence-corrected chi connectivity index (χ1v) is 20.0. The Hall–Kier alpha value is -3.66. The highest BCUT2D eigenvalue weighted by Gasteiger charge is 2.78. The molecule has 13 atom stereocenters. The molecule has 3 aliphatic rings. The lowest BCUT2D eigenvalue weighted by Crippen LogP contribution is -2.67. The number of carbonyl (C=O) groups is 4. The van der Waals surface area contributed by atoms with Crippen molar-refractivity contribution in [1.29, 1.82) is 0 Å². The summed E-state index contributed by atoms with van der Waals surface area (Å²) in [5, 5.41) is 37.6. The highest BCUT2D eigenvalue weighted by Crippen LogP contribution is 2.66. The van der Waals surface area contributed by atoms with Gasteiger partial charge in [-0.25, -0.2) is 18.4 Å². The fourth-order valence-electron chi connectivity index (χ4n) is 6.72. The number of fused-ring (bicyclic) bond motifs is 2. The van der Waals surface area contributed by atoms with Crippen LogP contribution in [0.3, 0.4) is 0 Å². The first-order chi connectivity index (χ1) is 25.6.